The molecule has 1 rings (SSSR count). The van der Waals surface area contributed by atoms with Crippen LogP contribution in [0.15, 0.2) is 0 Å². The van der Waals surface area contributed by atoms with Crippen LogP contribution in [0, 0.1) is 14.9 Å². The summed E-state index contributed by atoms with van der Waals surface area (Å²) in [7, 11) is 0. The summed E-state index contributed by atoms with van der Waals surface area (Å²) in [6.07, 6.45) is 10.2. The Morgan fingerprint density at radius 3 is 0.769 bits per heavy atom. The van der Waals surface area contributed by atoms with Gasteiger partial charge >= 0.3 is 0 Å². The Labute approximate surface area is 137 Å². The van der Waals surface area contributed by atoms with Crippen molar-refractivity contribution in [1.29, 1.82) is 0 Å². The Balaban J connectivity index is -0.0000000282. The van der Waals surface area contributed by atoms with Gasteiger partial charge in [0.1, 0.15) is 0 Å². The van der Waals surface area contributed by atoms with E-state index in [1.54, 1.807) is 0 Å². The van der Waals surface area contributed by atoms with Gasteiger partial charge in [0.25, 0.3) is 0 Å². The van der Waals surface area contributed by atoms with Gasteiger partial charge in [-0.2, -0.15) is 0 Å². The molecule has 0 saturated heterocycles. The molecule has 13 heavy (non-hydrogen) atoms. The molecule has 0 aromatic carbocycles. The van der Waals surface area contributed by atoms with Crippen LogP contribution in [-0.4, -0.2) is 0 Å². The molecule has 1 aliphatic carbocycles. The molecule has 0 aromatic rings. The van der Waals surface area contributed by atoms with Crippen molar-refractivity contribution in [2.75, 3.05) is 0 Å². The molecule has 1 fully saturated rings. The number of hydrogen-bond acceptors (Lipinski definition) is 0. The molecule has 0 amide bonds. The SMILES string of the molecule is C1CCCCC1.CCC.[CH3-].[CH3-].[Y].[Y]. The molecule has 0 heterocycles. The quantitative estimate of drug-likeness (QED) is 0.565. The van der Waals surface area contributed by atoms with Crippen LogP contribution in [0.2, 0.25) is 0 Å². The van der Waals surface area contributed by atoms with E-state index in [2.05, 4.69) is 13.8 Å². The molecule has 1 saturated carbocycles. The molecule has 0 nitrogen and oxygen atoms in total. The van der Waals surface area contributed by atoms with E-state index in [-0.39, 0.29) is 80.3 Å². The Bertz CT molecular complexity index is 31.8. The van der Waals surface area contributed by atoms with Gasteiger partial charge in [-0.1, -0.05) is 58.8 Å². The van der Waals surface area contributed by atoms with Crippen molar-refractivity contribution >= 4 is 0 Å². The van der Waals surface area contributed by atoms with Crippen LogP contribution in [0.4, 0.5) is 0 Å². The summed E-state index contributed by atoms with van der Waals surface area (Å²) >= 11 is 0. The van der Waals surface area contributed by atoms with E-state index in [4.69, 9.17) is 0 Å². The fraction of sp³-hybridized carbons (Fsp3) is 0.818. The summed E-state index contributed by atoms with van der Waals surface area (Å²) < 4.78 is 0. The fourth-order valence-electron chi connectivity index (χ4n) is 1.06. The topological polar surface area (TPSA) is 0 Å². The maximum Gasteiger partial charge on any atom is 0 e. The fourth-order valence-corrected chi connectivity index (χ4v) is 1.06. The molecule has 0 spiro atoms. The van der Waals surface area contributed by atoms with Gasteiger partial charge in [0.2, 0.25) is 0 Å². The van der Waals surface area contributed by atoms with Crippen molar-refractivity contribution in [3.8, 4) is 0 Å². The molecule has 0 N–H and O–H groups in total. The minimum Gasteiger partial charge on any atom is -0.358 e. The maximum absolute atomic E-state index is 2.12. The van der Waals surface area contributed by atoms with Crippen molar-refractivity contribution in [3.05, 3.63) is 14.9 Å². The van der Waals surface area contributed by atoms with Crippen LogP contribution in [0.25, 0.3) is 0 Å². The predicted octanol–water partition coefficient (Wildman–Crippen LogP) is 4.65. The average Bonchev–Trinajstić information content (AvgIpc) is 1.93. The Hall–Kier alpha value is 2.21. The van der Waals surface area contributed by atoms with E-state index in [1.807, 2.05) is 0 Å². The molecule has 2 heteroatoms. The van der Waals surface area contributed by atoms with E-state index in [0.717, 1.165) is 0 Å². The maximum atomic E-state index is 2.12. The smallest absolute Gasteiger partial charge is 0 e. The van der Waals surface area contributed by atoms with E-state index in [1.165, 1.54) is 44.9 Å². The summed E-state index contributed by atoms with van der Waals surface area (Å²) in [4.78, 5) is 0. The van der Waals surface area contributed by atoms with Crippen molar-refractivity contribution in [1.82, 2.24) is 0 Å². The molecule has 1 aliphatic rings. The monoisotopic (exact) mass is 336 g/mol. The molecule has 78 valence electrons. The van der Waals surface area contributed by atoms with Crippen LogP contribution in [0.3, 0.4) is 0 Å². The van der Waals surface area contributed by atoms with Gasteiger partial charge in [-0.05, 0) is 0 Å². The third-order valence-corrected chi connectivity index (χ3v) is 1.50. The first-order valence-corrected chi connectivity index (χ1v) is 4.41. The molecule has 0 aromatic heterocycles. The molecule has 2 radical (unpaired) electrons. The largest absolute Gasteiger partial charge is 0.358 e. The molecule has 0 aliphatic heterocycles. The summed E-state index contributed by atoms with van der Waals surface area (Å²) in [5, 5.41) is 0. The Kier molecular flexibility index (Phi) is 66.3. The molecule has 0 unspecified atom stereocenters. The van der Waals surface area contributed by atoms with Crippen LogP contribution in [-0.2, 0) is 65.4 Å². The first-order chi connectivity index (χ1) is 4.41. The Morgan fingerprint density at radius 2 is 0.692 bits per heavy atom. The molecule has 0 bridgehead atoms. The van der Waals surface area contributed by atoms with E-state index < -0.39 is 0 Å². The second kappa shape index (κ2) is 29.2. The van der Waals surface area contributed by atoms with Gasteiger partial charge in [0.15, 0.2) is 0 Å². The minimum atomic E-state index is 0. The number of hydrogen-bond donors (Lipinski definition) is 0. The standard InChI is InChI=1S/C6H12.C3H8.2CH3.2Y/c1-2-4-6-5-3-1;1-3-2;;;;/h1-6H2;3H2,1-2H3;2*1H3;;/q;;2*-1;;. The summed E-state index contributed by atoms with van der Waals surface area (Å²) in [6, 6.07) is 0. The van der Waals surface area contributed by atoms with E-state index >= 15 is 0 Å². The van der Waals surface area contributed by atoms with Crippen molar-refractivity contribution in [2.24, 2.45) is 0 Å². The van der Waals surface area contributed by atoms with Crippen molar-refractivity contribution < 1.29 is 65.4 Å². The van der Waals surface area contributed by atoms with Crippen LogP contribution >= 0.6 is 0 Å². The van der Waals surface area contributed by atoms with Gasteiger partial charge in [-0.25, -0.2) is 0 Å². The van der Waals surface area contributed by atoms with Gasteiger partial charge in [-0.3, -0.25) is 0 Å². The third kappa shape index (κ3) is 31.4. The van der Waals surface area contributed by atoms with Crippen LogP contribution < -0.4 is 0 Å². The Morgan fingerprint density at radius 1 is 0.615 bits per heavy atom. The van der Waals surface area contributed by atoms with Crippen molar-refractivity contribution in [2.45, 2.75) is 58.8 Å². The third-order valence-electron chi connectivity index (χ3n) is 1.50. The molecular weight excluding hydrogens is 310 g/mol. The second-order valence-corrected chi connectivity index (χ2v) is 2.83. The molecular formula is C11H26Y2-2. The van der Waals surface area contributed by atoms with Gasteiger partial charge in [0.05, 0.1) is 0 Å². The number of rotatable bonds is 0. The molecule has 0 atom stereocenters. The second-order valence-electron chi connectivity index (χ2n) is 2.83. The van der Waals surface area contributed by atoms with Gasteiger partial charge in [0, 0.05) is 65.4 Å². The zero-order valence-corrected chi connectivity index (χ0v) is 15.8. The predicted molar refractivity (Wildman–Crippen MR) is 56.5 cm³/mol. The summed E-state index contributed by atoms with van der Waals surface area (Å²) in [5.41, 5.74) is 0. The zero-order valence-electron chi connectivity index (χ0n) is 10.1. The van der Waals surface area contributed by atoms with Crippen LogP contribution in [0.1, 0.15) is 58.8 Å². The zero-order chi connectivity index (χ0) is 6.95. The van der Waals surface area contributed by atoms with E-state index in [0.29, 0.717) is 0 Å². The van der Waals surface area contributed by atoms with E-state index in [9.17, 15) is 0 Å². The van der Waals surface area contributed by atoms with Crippen molar-refractivity contribution in [3.63, 3.8) is 0 Å². The summed E-state index contributed by atoms with van der Waals surface area (Å²) in [5.74, 6) is 0. The van der Waals surface area contributed by atoms with Gasteiger partial charge in [-0.15, -0.1) is 0 Å². The van der Waals surface area contributed by atoms with Crippen LogP contribution in [0.5, 0.6) is 0 Å². The first-order valence-electron chi connectivity index (χ1n) is 4.41. The van der Waals surface area contributed by atoms with Gasteiger partial charge < -0.3 is 14.9 Å². The summed E-state index contributed by atoms with van der Waals surface area (Å²) in [6.45, 7) is 4.25. The normalized spacial score (nSPS) is 12.5. The minimum absolute atomic E-state index is 0. The average molecular weight is 336 g/mol. The first kappa shape index (κ1) is 29.5.